The SMILES string of the molecule is Cc1cc(N)cc(C2CN(Cc3ccc4ccccc4n3)CCO2)n1. The van der Waals surface area contributed by atoms with Crippen molar-refractivity contribution in [3.8, 4) is 0 Å². The lowest BCUT2D eigenvalue weighted by atomic mass is 10.1. The Bertz CT molecular complexity index is 876. The second kappa shape index (κ2) is 6.78. The summed E-state index contributed by atoms with van der Waals surface area (Å²) < 4.78 is 5.93. The van der Waals surface area contributed by atoms with E-state index >= 15 is 0 Å². The first-order valence-electron chi connectivity index (χ1n) is 8.60. The molecule has 5 nitrogen and oxygen atoms in total. The van der Waals surface area contributed by atoms with Gasteiger partial charge in [0.25, 0.3) is 0 Å². The normalized spacial score (nSPS) is 18.5. The van der Waals surface area contributed by atoms with Crippen molar-refractivity contribution >= 4 is 16.6 Å². The molecule has 0 amide bonds. The molecule has 1 saturated heterocycles. The number of fused-ring (bicyclic) bond motifs is 1. The van der Waals surface area contributed by atoms with Gasteiger partial charge in [-0.05, 0) is 31.2 Å². The molecule has 0 saturated carbocycles. The molecule has 1 atom stereocenters. The van der Waals surface area contributed by atoms with Crippen molar-refractivity contribution in [1.82, 2.24) is 14.9 Å². The fraction of sp³-hybridized carbons (Fsp3) is 0.300. The van der Waals surface area contributed by atoms with E-state index in [0.717, 1.165) is 47.9 Å². The van der Waals surface area contributed by atoms with Crippen LogP contribution in [0, 0.1) is 6.92 Å². The van der Waals surface area contributed by atoms with Crippen LogP contribution in [-0.4, -0.2) is 34.6 Å². The third kappa shape index (κ3) is 3.62. The Balaban J connectivity index is 1.50. The molecule has 2 aromatic heterocycles. The lowest BCUT2D eigenvalue weighted by Gasteiger charge is -2.32. The Morgan fingerprint density at radius 3 is 2.92 bits per heavy atom. The van der Waals surface area contributed by atoms with Crippen LogP contribution in [0.1, 0.15) is 23.2 Å². The van der Waals surface area contributed by atoms with Crippen LogP contribution in [0.5, 0.6) is 0 Å². The summed E-state index contributed by atoms with van der Waals surface area (Å²) >= 11 is 0. The van der Waals surface area contributed by atoms with Crippen LogP contribution in [0.15, 0.2) is 48.5 Å². The molecule has 128 valence electrons. The number of nitrogen functional groups attached to an aromatic ring is 1. The molecule has 0 radical (unpaired) electrons. The number of hydrogen-bond acceptors (Lipinski definition) is 5. The average Bonchev–Trinajstić information content (AvgIpc) is 2.61. The third-order valence-corrected chi connectivity index (χ3v) is 4.52. The minimum Gasteiger partial charge on any atom is -0.399 e. The predicted molar refractivity (Wildman–Crippen MR) is 99.1 cm³/mol. The van der Waals surface area contributed by atoms with Gasteiger partial charge in [0.15, 0.2) is 0 Å². The Morgan fingerprint density at radius 2 is 2.04 bits per heavy atom. The van der Waals surface area contributed by atoms with Gasteiger partial charge in [-0.2, -0.15) is 0 Å². The van der Waals surface area contributed by atoms with Crippen LogP contribution in [0.2, 0.25) is 0 Å². The molecule has 3 heterocycles. The molecule has 0 bridgehead atoms. The number of rotatable bonds is 3. The molecule has 25 heavy (non-hydrogen) atoms. The maximum Gasteiger partial charge on any atom is 0.112 e. The number of hydrogen-bond donors (Lipinski definition) is 1. The van der Waals surface area contributed by atoms with Crippen molar-refractivity contribution < 1.29 is 4.74 Å². The predicted octanol–water partition coefficient (Wildman–Crippen LogP) is 3.09. The van der Waals surface area contributed by atoms with Gasteiger partial charge in [0.05, 0.1) is 23.5 Å². The number of nitrogens with zero attached hydrogens (tertiary/aromatic N) is 3. The number of para-hydroxylation sites is 1. The van der Waals surface area contributed by atoms with E-state index in [1.807, 2.05) is 31.2 Å². The van der Waals surface area contributed by atoms with Crippen molar-refractivity contribution in [2.24, 2.45) is 0 Å². The van der Waals surface area contributed by atoms with E-state index < -0.39 is 0 Å². The molecule has 1 unspecified atom stereocenters. The van der Waals surface area contributed by atoms with Crippen LogP contribution in [-0.2, 0) is 11.3 Å². The van der Waals surface area contributed by atoms with Gasteiger partial charge in [-0.25, -0.2) is 0 Å². The number of aryl methyl sites for hydroxylation is 1. The van der Waals surface area contributed by atoms with Gasteiger partial charge in [0, 0.05) is 36.4 Å². The third-order valence-electron chi connectivity index (χ3n) is 4.52. The van der Waals surface area contributed by atoms with Gasteiger partial charge in [-0.1, -0.05) is 24.3 Å². The Morgan fingerprint density at radius 1 is 1.16 bits per heavy atom. The maximum atomic E-state index is 5.96. The number of nitrogens with two attached hydrogens (primary N) is 1. The molecule has 1 fully saturated rings. The first-order valence-corrected chi connectivity index (χ1v) is 8.60. The number of ether oxygens (including phenoxy) is 1. The number of anilines is 1. The zero-order valence-electron chi connectivity index (χ0n) is 14.4. The molecular weight excluding hydrogens is 312 g/mol. The van der Waals surface area contributed by atoms with E-state index in [1.165, 1.54) is 5.39 Å². The number of aromatic nitrogens is 2. The lowest BCUT2D eigenvalue weighted by molar-refractivity contribution is -0.0353. The highest BCUT2D eigenvalue weighted by molar-refractivity contribution is 5.78. The fourth-order valence-electron chi connectivity index (χ4n) is 3.34. The Hall–Kier alpha value is -2.50. The molecule has 5 heteroatoms. The van der Waals surface area contributed by atoms with Crippen molar-refractivity contribution in [3.05, 3.63) is 65.6 Å². The number of benzene rings is 1. The quantitative estimate of drug-likeness (QED) is 0.797. The lowest BCUT2D eigenvalue weighted by Crippen LogP contribution is -2.38. The summed E-state index contributed by atoms with van der Waals surface area (Å²) in [5, 5.41) is 1.17. The highest BCUT2D eigenvalue weighted by atomic mass is 16.5. The van der Waals surface area contributed by atoms with E-state index in [1.54, 1.807) is 0 Å². The van der Waals surface area contributed by atoms with Gasteiger partial charge in [-0.3, -0.25) is 14.9 Å². The monoisotopic (exact) mass is 334 g/mol. The van der Waals surface area contributed by atoms with Crippen LogP contribution < -0.4 is 5.73 Å². The van der Waals surface area contributed by atoms with Crippen LogP contribution in [0.4, 0.5) is 5.69 Å². The topological polar surface area (TPSA) is 64.3 Å². The molecule has 4 rings (SSSR count). The molecular formula is C20H22N4O. The second-order valence-electron chi connectivity index (χ2n) is 6.56. The summed E-state index contributed by atoms with van der Waals surface area (Å²) in [6.07, 6.45) is -0.0450. The molecule has 0 spiro atoms. The van der Waals surface area contributed by atoms with E-state index in [-0.39, 0.29) is 6.10 Å². The minimum atomic E-state index is -0.0450. The van der Waals surface area contributed by atoms with Crippen molar-refractivity contribution in [2.45, 2.75) is 19.6 Å². The first-order chi connectivity index (χ1) is 12.2. The zero-order chi connectivity index (χ0) is 17.2. The summed E-state index contributed by atoms with van der Waals surface area (Å²) in [4.78, 5) is 11.7. The van der Waals surface area contributed by atoms with Crippen molar-refractivity contribution in [1.29, 1.82) is 0 Å². The van der Waals surface area contributed by atoms with Crippen LogP contribution in [0.3, 0.4) is 0 Å². The summed E-state index contributed by atoms with van der Waals surface area (Å²) in [6.45, 7) is 5.15. The van der Waals surface area contributed by atoms with Gasteiger partial charge in [0.2, 0.25) is 0 Å². The standard InChI is InChI=1S/C20H22N4O/c1-14-10-16(21)11-19(22-14)20-13-24(8-9-25-20)12-17-7-6-15-4-2-3-5-18(15)23-17/h2-7,10-11,20H,8-9,12-13H2,1H3,(H2,21,22). The molecule has 1 aliphatic heterocycles. The van der Waals surface area contributed by atoms with Gasteiger partial charge < -0.3 is 10.5 Å². The average molecular weight is 334 g/mol. The van der Waals surface area contributed by atoms with E-state index in [9.17, 15) is 0 Å². The summed E-state index contributed by atoms with van der Waals surface area (Å²) in [7, 11) is 0. The van der Waals surface area contributed by atoms with Crippen molar-refractivity contribution in [3.63, 3.8) is 0 Å². The van der Waals surface area contributed by atoms with E-state index in [4.69, 9.17) is 15.5 Å². The summed E-state index contributed by atoms with van der Waals surface area (Å²) in [5.74, 6) is 0. The molecule has 2 N–H and O–H groups in total. The number of morpholine rings is 1. The van der Waals surface area contributed by atoms with Crippen molar-refractivity contribution in [2.75, 3.05) is 25.4 Å². The highest BCUT2D eigenvalue weighted by Crippen LogP contribution is 2.24. The fourth-order valence-corrected chi connectivity index (χ4v) is 3.34. The Labute approximate surface area is 147 Å². The zero-order valence-corrected chi connectivity index (χ0v) is 14.4. The molecule has 0 aliphatic carbocycles. The Kier molecular flexibility index (Phi) is 4.34. The second-order valence-corrected chi connectivity index (χ2v) is 6.56. The molecule has 3 aromatic rings. The van der Waals surface area contributed by atoms with Gasteiger partial charge >= 0.3 is 0 Å². The summed E-state index contributed by atoms with van der Waals surface area (Å²) in [5.41, 5.74) is 10.6. The van der Waals surface area contributed by atoms with E-state index in [0.29, 0.717) is 6.61 Å². The first kappa shape index (κ1) is 16.0. The minimum absolute atomic E-state index is 0.0450. The summed E-state index contributed by atoms with van der Waals surface area (Å²) in [6, 6.07) is 16.2. The molecule has 1 aromatic carbocycles. The highest BCUT2D eigenvalue weighted by Gasteiger charge is 2.23. The van der Waals surface area contributed by atoms with Crippen LogP contribution >= 0.6 is 0 Å². The maximum absolute atomic E-state index is 5.96. The van der Waals surface area contributed by atoms with Gasteiger partial charge in [-0.15, -0.1) is 0 Å². The largest absolute Gasteiger partial charge is 0.399 e. The smallest absolute Gasteiger partial charge is 0.112 e. The van der Waals surface area contributed by atoms with Gasteiger partial charge in [0.1, 0.15) is 6.10 Å². The van der Waals surface area contributed by atoms with Crippen LogP contribution in [0.25, 0.3) is 10.9 Å². The van der Waals surface area contributed by atoms with E-state index in [2.05, 4.69) is 34.1 Å². The molecule has 1 aliphatic rings. The number of pyridine rings is 2.